The monoisotopic (exact) mass is 362 g/mol. The van der Waals surface area contributed by atoms with Gasteiger partial charge < -0.3 is 20.5 Å². The van der Waals surface area contributed by atoms with E-state index in [-0.39, 0.29) is 17.8 Å². The van der Waals surface area contributed by atoms with Crippen molar-refractivity contribution in [2.75, 3.05) is 13.2 Å². The number of benzene rings is 1. The highest BCUT2D eigenvalue weighted by Gasteiger charge is 2.40. The van der Waals surface area contributed by atoms with Crippen molar-refractivity contribution in [2.24, 2.45) is 5.92 Å². The Kier molecular flexibility index (Phi) is 6.71. The second-order valence-corrected chi connectivity index (χ2v) is 5.99. The zero-order valence-electron chi connectivity index (χ0n) is 14.4. The molecule has 0 radical (unpaired) electrons. The first-order valence-corrected chi connectivity index (χ1v) is 8.45. The van der Waals surface area contributed by atoms with Gasteiger partial charge in [0.2, 0.25) is 11.8 Å². The molecule has 0 aliphatic carbocycles. The van der Waals surface area contributed by atoms with Gasteiger partial charge in [0, 0.05) is 18.9 Å². The molecule has 1 aromatic carbocycles. The molecular weight excluding hydrogens is 340 g/mol. The molecule has 26 heavy (non-hydrogen) atoms. The van der Waals surface area contributed by atoms with Crippen LogP contribution in [-0.4, -0.2) is 48.1 Å². The minimum Gasteiger partial charge on any atom is -0.481 e. The number of nitrogens with one attached hydrogen (secondary N) is 2. The van der Waals surface area contributed by atoms with Gasteiger partial charge in [0.1, 0.15) is 12.0 Å². The van der Waals surface area contributed by atoms with Gasteiger partial charge >= 0.3 is 11.9 Å². The summed E-state index contributed by atoms with van der Waals surface area (Å²) < 4.78 is 4.72. The van der Waals surface area contributed by atoms with Crippen molar-refractivity contribution in [1.82, 2.24) is 10.6 Å². The van der Waals surface area contributed by atoms with Gasteiger partial charge in [0.15, 0.2) is 0 Å². The molecule has 2 unspecified atom stereocenters. The van der Waals surface area contributed by atoms with E-state index in [2.05, 4.69) is 10.6 Å². The molecule has 140 valence electrons. The zero-order valence-corrected chi connectivity index (χ0v) is 14.4. The number of amides is 2. The minimum atomic E-state index is -1.06. The third-order valence-corrected chi connectivity index (χ3v) is 4.24. The van der Waals surface area contributed by atoms with Gasteiger partial charge in [0.25, 0.3) is 0 Å². The fourth-order valence-electron chi connectivity index (χ4n) is 2.95. The topological polar surface area (TPSA) is 122 Å². The van der Waals surface area contributed by atoms with E-state index < -0.39 is 23.8 Å². The molecule has 2 saturated heterocycles. The molecular formula is C18H22N2O6. The average Bonchev–Trinajstić information content (AvgIpc) is 3.22. The Hall–Kier alpha value is -2.90. The summed E-state index contributed by atoms with van der Waals surface area (Å²) in [6.45, 7) is 2.51. The van der Waals surface area contributed by atoms with Crippen molar-refractivity contribution in [3.8, 4) is 0 Å². The lowest BCUT2D eigenvalue weighted by Gasteiger charge is -2.12. The van der Waals surface area contributed by atoms with E-state index in [1.807, 2.05) is 30.3 Å². The lowest BCUT2D eigenvalue weighted by Crippen LogP contribution is -2.34. The molecule has 0 aromatic heterocycles. The highest BCUT2D eigenvalue weighted by Crippen LogP contribution is 2.28. The van der Waals surface area contributed by atoms with Gasteiger partial charge in [-0.3, -0.25) is 14.4 Å². The number of carboxylic acids is 1. The van der Waals surface area contributed by atoms with Crippen molar-refractivity contribution in [2.45, 2.75) is 31.7 Å². The molecule has 3 rings (SSSR count). The zero-order chi connectivity index (χ0) is 19.1. The minimum absolute atomic E-state index is 0.0666. The van der Waals surface area contributed by atoms with Gasteiger partial charge in [-0.05, 0) is 18.9 Å². The van der Waals surface area contributed by atoms with Crippen LogP contribution < -0.4 is 10.6 Å². The first kappa shape index (κ1) is 19.4. The van der Waals surface area contributed by atoms with Gasteiger partial charge in [-0.25, -0.2) is 4.79 Å². The Morgan fingerprint density at radius 2 is 1.92 bits per heavy atom. The van der Waals surface area contributed by atoms with Crippen molar-refractivity contribution in [3.05, 3.63) is 35.9 Å². The second kappa shape index (κ2) is 8.98. The summed E-state index contributed by atoms with van der Waals surface area (Å²) in [5.74, 6) is -3.04. The fourth-order valence-corrected chi connectivity index (χ4v) is 2.95. The standard InChI is InChI=1S/C11H11NO3.C7H11NO3/c13-10-9(11(14)15)8(6-12-10)7-4-2-1-3-5-7;1-2-11-7(10)5-3-4-6(9)8-5/h1-5,8-9H,6H2,(H,12,13)(H,14,15);5H,2-4H2,1H3,(H,8,9)/t;5-/m.0/s1. The molecule has 2 heterocycles. The van der Waals surface area contributed by atoms with E-state index in [4.69, 9.17) is 9.84 Å². The number of esters is 1. The predicted molar refractivity (Wildman–Crippen MR) is 91.1 cm³/mol. The van der Waals surface area contributed by atoms with Crippen LogP contribution in [0.1, 0.15) is 31.2 Å². The quantitative estimate of drug-likeness (QED) is 0.527. The van der Waals surface area contributed by atoms with Crippen molar-refractivity contribution >= 4 is 23.8 Å². The summed E-state index contributed by atoms with van der Waals surface area (Å²) in [5, 5.41) is 14.1. The third-order valence-electron chi connectivity index (χ3n) is 4.24. The maximum atomic E-state index is 11.3. The molecule has 0 spiro atoms. The molecule has 3 N–H and O–H groups in total. The van der Waals surface area contributed by atoms with E-state index in [9.17, 15) is 19.2 Å². The van der Waals surface area contributed by atoms with Crippen LogP contribution in [-0.2, 0) is 23.9 Å². The third kappa shape index (κ3) is 4.81. The van der Waals surface area contributed by atoms with Crippen LogP contribution in [0.5, 0.6) is 0 Å². The summed E-state index contributed by atoms with van der Waals surface area (Å²) in [6.07, 6.45) is 1.00. The normalized spacial score (nSPS) is 24.1. The van der Waals surface area contributed by atoms with Gasteiger partial charge in [-0.15, -0.1) is 0 Å². The maximum Gasteiger partial charge on any atom is 0.328 e. The molecule has 0 bridgehead atoms. The van der Waals surface area contributed by atoms with Crippen LogP contribution in [0.4, 0.5) is 0 Å². The molecule has 2 aliphatic rings. The van der Waals surface area contributed by atoms with Gasteiger partial charge in [-0.2, -0.15) is 0 Å². The highest BCUT2D eigenvalue weighted by molar-refractivity contribution is 5.99. The summed E-state index contributed by atoms with van der Waals surface area (Å²) in [4.78, 5) is 43.8. The first-order valence-electron chi connectivity index (χ1n) is 8.45. The predicted octanol–water partition coefficient (Wildman–Crippen LogP) is 0.429. The van der Waals surface area contributed by atoms with Crippen molar-refractivity contribution in [3.63, 3.8) is 0 Å². The lowest BCUT2D eigenvalue weighted by molar-refractivity contribution is -0.146. The number of aliphatic carboxylic acids is 1. The maximum absolute atomic E-state index is 11.3. The molecule has 2 aliphatic heterocycles. The molecule has 8 nitrogen and oxygen atoms in total. The number of carbonyl (C=O) groups is 4. The summed E-state index contributed by atoms with van der Waals surface area (Å²) in [7, 11) is 0. The fraction of sp³-hybridized carbons (Fsp3) is 0.444. The van der Waals surface area contributed by atoms with Gasteiger partial charge in [0.05, 0.1) is 6.61 Å². The van der Waals surface area contributed by atoms with E-state index in [0.717, 1.165) is 5.56 Å². The van der Waals surface area contributed by atoms with Crippen molar-refractivity contribution < 1.29 is 29.0 Å². The first-order chi connectivity index (χ1) is 12.4. The molecule has 8 heteroatoms. The lowest BCUT2D eigenvalue weighted by atomic mass is 9.89. The molecule has 2 amide bonds. The van der Waals surface area contributed by atoms with Gasteiger partial charge in [-0.1, -0.05) is 30.3 Å². The number of carboxylic acid groups (broad SMARTS) is 1. The Morgan fingerprint density at radius 3 is 2.46 bits per heavy atom. The Bertz CT molecular complexity index is 676. The second-order valence-electron chi connectivity index (χ2n) is 5.99. The Morgan fingerprint density at radius 1 is 1.23 bits per heavy atom. The van der Waals surface area contributed by atoms with Crippen LogP contribution >= 0.6 is 0 Å². The van der Waals surface area contributed by atoms with Crippen LogP contribution in [0.3, 0.4) is 0 Å². The van der Waals surface area contributed by atoms with Crippen LogP contribution in [0.2, 0.25) is 0 Å². The number of carbonyl (C=O) groups excluding carboxylic acids is 3. The number of hydrogen-bond acceptors (Lipinski definition) is 5. The van der Waals surface area contributed by atoms with Crippen LogP contribution in [0.15, 0.2) is 30.3 Å². The molecule has 1 aromatic rings. The largest absolute Gasteiger partial charge is 0.481 e. The average molecular weight is 362 g/mol. The summed E-state index contributed by atoms with van der Waals surface area (Å²) in [6, 6.07) is 8.85. The Balaban J connectivity index is 0.000000197. The van der Waals surface area contributed by atoms with Crippen LogP contribution in [0, 0.1) is 5.92 Å². The number of hydrogen-bond donors (Lipinski definition) is 3. The molecule has 3 atom stereocenters. The van der Waals surface area contributed by atoms with Crippen molar-refractivity contribution in [1.29, 1.82) is 0 Å². The summed E-state index contributed by atoms with van der Waals surface area (Å²) >= 11 is 0. The number of rotatable bonds is 4. The van der Waals surface area contributed by atoms with Crippen LogP contribution in [0.25, 0.3) is 0 Å². The van der Waals surface area contributed by atoms with E-state index in [1.165, 1.54) is 0 Å². The SMILES string of the molecule is CCOC(=O)[C@@H]1CCC(=O)N1.O=C(O)C1C(=O)NCC1c1ccccc1. The molecule has 2 fully saturated rings. The summed E-state index contributed by atoms with van der Waals surface area (Å²) in [5.41, 5.74) is 0.892. The highest BCUT2D eigenvalue weighted by atomic mass is 16.5. The van der Waals surface area contributed by atoms with E-state index in [0.29, 0.717) is 26.0 Å². The van der Waals surface area contributed by atoms with E-state index in [1.54, 1.807) is 6.92 Å². The van der Waals surface area contributed by atoms with E-state index >= 15 is 0 Å². The molecule has 0 saturated carbocycles. The Labute approximate surface area is 150 Å². The number of ether oxygens (including phenoxy) is 1. The smallest absolute Gasteiger partial charge is 0.328 e.